The summed E-state index contributed by atoms with van der Waals surface area (Å²) >= 11 is 0. The minimum Gasteiger partial charge on any atom is -0.477 e. The van der Waals surface area contributed by atoms with Crippen molar-refractivity contribution in [2.75, 3.05) is 29.9 Å². The lowest BCUT2D eigenvalue weighted by Gasteiger charge is -2.18. The van der Waals surface area contributed by atoms with Gasteiger partial charge in [0.15, 0.2) is 0 Å². The predicted molar refractivity (Wildman–Crippen MR) is 117 cm³/mol. The van der Waals surface area contributed by atoms with Crippen LogP contribution in [-0.2, 0) is 17.6 Å². The summed E-state index contributed by atoms with van der Waals surface area (Å²) in [4.78, 5) is 31.2. The first-order valence-corrected chi connectivity index (χ1v) is 9.94. The van der Waals surface area contributed by atoms with E-state index in [0.717, 1.165) is 40.7 Å². The number of H-pyrrole nitrogens is 1. The van der Waals surface area contributed by atoms with Gasteiger partial charge in [-0.1, -0.05) is 12.1 Å². The highest BCUT2D eigenvalue weighted by molar-refractivity contribution is 6.10. The van der Waals surface area contributed by atoms with Crippen LogP contribution in [0.25, 0.3) is 17.0 Å². The average Bonchev–Trinajstić information content (AvgIpc) is 3.43. The van der Waals surface area contributed by atoms with Crippen LogP contribution in [0.2, 0.25) is 0 Å². The number of hydrogen-bond donors (Lipinski definition) is 3. The van der Waals surface area contributed by atoms with E-state index in [9.17, 15) is 14.7 Å². The first-order chi connectivity index (χ1) is 14.4. The Hall–Kier alpha value is -3.74. The summed E-state index contributed by atoms with van der Waals surface area (Å²) < 4.78 is 0. The molecule has 0 spiro atoms. The number of likely N-dealkylation sites (N-methyl/N-ethyl adjacent to an activating group) is 1. The van der Waals surface area contributed by atoms with E-state index in [0.29, 0.717) is 13.0 Å². The van der Waals surface area contributed by atoms with E-state index in [1.165, 1.54) is 11.3 Å². The van der Waals surface area contributed by atoms with Crippen molar-refractivity contribution in [3.8, 4) is 0 Å². The van der Waals surface area contributed by atoms with E-state index in [-0.39, 0.29) is 17.3 Å². The quantitative estimate of drug-likeness (QED) is 0.585. The largest absolute Gasteiger partial charge is 0.477 e. The lowest BCUT2D eigenvalue weighted by molar-refractivity contribution is -0.115. The molecule has 0 bridgehead atoms. The minimum absolute atomic E-state index is 0.144. The van der Waals surface area contributed by atoms with E-state index < -0.39 is 5.97 Å². The van der Waals surface area contributed by atoms with E-state index in [2.05, 4.69) is 23.0 Å². The number of carboxylic acid groups (broad SMARTS) is 1. The molecular weight excluding hydrogens is 380 g/mol. The molecule has 2 aliphatic rings. The lowest BCUT2D eigenvalue weighted by Crippen LogP contribution is -2.33. The van der Waals surface area contributed by atoms with E-state index >= 15 is 0 Å². The van der Waals surface area contributed by atoms with Gasteiger partial charge < -0.3 is 25.6 Å². The number of anilines is 2. The molecule has 7 nitrogen and oxygen atoms in total. The molecule has 0 atom stereocenters. The molecule has 30 heavy (non-hydrogen) atoms. The van der Waals surface area contributed by atoms with E-state index in [1.54, 1.807) is 17.0 Å². The summed E-state index contributed by atoms with van der Waals surface area (Å²) in [6.45, 7) is 1.48. The Balaban J connectivity index is 1.48. The maximum atomic E-state index is 13.1. The van der Waals surface area contributed by atoms with Crippen LogP contribution in [0.3, 0.4) is 0 Å². The fraction of sp³-hybridized carbons (Fsp3) is 0.217. The highest BCUT2D eigenvalue weighted by Gasteiger charge is 2.28. The van der Waals surface area contributed by atoms with Crippen molar-refractivity contribution in [3.05, 3.63) is 64.5 Å². The van der Waals surface area contributed by atoms with Crippen molar-refractivity contribution in [1.29, 1.82) is 0 Å². The molecule has 1 amide bonds. The third-order valence-electron chi connectivity index (χ3n) is 6.10. The summed E-state index contributed by atoms with van der Waals surface area (Å²) in [5.74, 6) is -1.23. The van der Waals surface area contributed by atoms with Crippen LogP contribution >= 0.6 is 0 Å². The van der Waals surface area contributed by atoms with Gasteiger partial charge in [0, 0.05) is 42.4 Å². The van der Waals surface area contributed by atoms with Gasteiger partial charge in [0.05, 0.1) is 5.70 Å². The predicted octanol–water partition coefficient (Wildman–Crippen LogP) is 2.75. The summed E-state index contributed by atoms with van der Waals surface area (Å²) in [7, 11) is 2.06. The van der Waals surface area contributed by atoms with Crippen LogP contribution in [0, 0.1) is 0 Å². The normalized spacial score (nSPS) is 15.6. The van der Waals surface area contributed by atoms with Crippen molar-refractivity contribution in [3.63, 3.8) is 0 Å². The number of aromatic nitrogens is 1. The molecule has 1 aromatic heterocycles. The maximum absolute atomic E-state index is 13.1. The van der Waals surface area contributed by atoms with Crippen molar-refractivity contribution in [2.24, 2.45) is 5.73 Å². The number of fused-ring (bicyclic) bond motifs is 4. The fourth-order valence-electron chi connectivity index (χ4n) is 4.58. The Morgan fingerprint density at radius 2 is 1.90 bits per heavy atom. The van der Waals surface area contributed by atoms with Gasteiger partial charge in [0.2, 0.25) is 0 Å². The summed E-state index contributed by atoms with van der Waals surface area (Å²) in [6, 6.07) is 11.4. The summed E-state index contributed by atoms with van der Waals surface area (Å²) in [5, 5.41) is 10.1. The number of carbonyl (C=O) groups is 2. The van der Waals surface area contributed by atoms with Crippen LogP contribution in [0.15, 0.2) is 42.1 Å². The number of rotatable bonds is 3. The molecule has 0 unspecified atom stereocenters. The van der Waals surface area contributed by atoms with Gasteiger partial charge in [0.25, 0.3) is 5.91 Å². The van der Waals surface area contributed by atoms with Crippen molar-refractivity contribution in [1.82, 2.24) is 4.98 Å². The van der Waals surface area contributed by atoms with Crippen LogP contribution in [0.1, 0.15) is 27.2 Å². The smallest absolute Gasteiger partial charge is 0.352 e. The van der Waals surface area contributed by atoms with Gasteiger partial charge in [-0.2, -0.15) is 0 Å². The third kappa shape index (κ3) is 2.74. The van der Waals surface area contributed by atoms with Crippen molar-refractivity contribution >= 4 is 40.2 Å². The zero-order valence-corrected chi connectivity index (χ0v) is 16.6. The Morgan fingerprint density at radius 3 is 2.70 bits per heavy atom. The first-order valence-electron chi connectivity index (χ1n) is 9.94. The topological polar surface area (TPSA) is 103 Å². The zero-order chi connectivity index (χ0) is 21.0. The van der Waals surface area contributed by atoms with Gasteiger partial charge in [-0.05, 0) is 59.9 Å². The molecule has 0 fully saturated rings. The van der Waals surface area contributed by atoms with Crippen LogP contribution in [-0.4, -0.2) is 42.1 Å². The summed E-state index contributed by atoms with van der Waals surface area (Å²) in [5.41, 5.74) is 12.5. The Kier molecular flexibility index (Phi) is 4.06. The molecule has 0 radical (unpaired) electrons. The zero-order valence-electron chi connectivity index (χ0n) is 16.6. The molecule has 2 aliphatic heterocycles. The number of aromatic carboxylic acids is 1. The molecule has 3 aromatic rings. The molecule has 2 aromatic carbocycles. The maximum Gasteiger partial charge on any atom is 0.352 e. The van der Waals surface area contributed by atoms with Crippen molar-refractivity contribution < 1.29 is 14.7 Å². The third-order valence-corrected chi connectivity index (χ3v) is 6.10. The average molecular weight is 402 g/mol. The van der Waals surface area contributed by atoms with Crippen LogP contribution in [0.4, 0.5) is 11.4 Å². The number of amides is 1. The molecule has 5 rings (SSSR count). The Labute approximate surface area is 173 Å². The Morgan fingerprint density at radius 1 is 1.10 bits per heavy atom. The lowest BCUT2D eigenvalue weighted by atomic mass is 10.0. The number of nitrogens with two attached hydrogens (primary N) is 1. The number of nitrogens with one attached hydrogen (secondary N) is 1. The molecule has 4 N–H and O–H groups in total. The number of carbonyl (C=O) groups excluding carboxylic acids is 1. The second-order valence-corrected chi connectivity index (χ2v) is 7.84. The first kappa shape index (κ1) is 18.3. The van der Waals surface area contributed by atoms with E-state index in [4.69, 9.17) is 5.73 Å². The highest BCUT2D eigenvalue weighted by Crippen LogP contribution is 2.36. The molecule has 0 aliphatic carbocycles. The van der Waals surface area contributed by atoms with E-state index in [1.807, 2.05) is 24.3 Å². The van der Waals surface area contributed by atoms with Crippen LogP contribution < -0.4 is 15.5 Å². The molecule has 0 saturated carbocycles. The molecule has 0 saturated heterocycles. The number of hydrogen-bond acceptors (Lipinski definition) is 4. The van der Waals surface area contributed by atoms with Gasteiger partial charge in [-0.15, -0.1) is 0 Å². The standard InChI is InChI=1S/C23H22N4O3/c1-26-9-7-14-13(3-2-4-20(14)26)11-17(24)22(28)27-10-8-15-16-12-19(23(29)30)25-18(16)5-6-21(15)27/h2-6,11-12,25H,7-10,24H2,1H3,(H,29,30)/b17-11-. The Bertz CT molecular complexity index is 1240. The highest BCUT2D eigenvalue weighted by atomic mass is 16.4. The van der Waals surface area contributed by atoms with Crippen LogP contribution in [0.5, 0.6) is 0 Å². The SMILES string of the molecule is CN1CCc2c(/C=C(\N)C(=O)N3CCc4c3ccc3[nH]c(C(=O)O)cc43)cccc21. The molecule has 152 valence electrons. The fourth-order valence-corrected chi connectivity index (χ4v) is 4.58. The number of carboxylic acids is 1. The van der Waals surface area contributed by atoms with Gasteiger partial charge in [-0.3, -0.25) is 4.79 Å². The molecule has 3 heterocycles. The van der Waals surface area contributed by atoms with Gasteiger partial charge >= 0.3 is 5.97 Å². The second kappa shape index (κ2) is 6.66. The van der Waals surface area contributed by atoms with Gasteiger partial charge in [0.1, 0.15) is 5.69 Å². The second-order valence-electron chi connectivity index (χ2n) is 7.84. The summed E-state index contributed by atoms with van der Waals surface area (Å²) in [6.07, 6.45) is 3.37. The molecular formula is C23H22N4O3. The molecule has 7 heteroatoms. The van der Waals surface area contributed by atoms with Gasteiger partial charge in [-0.25, -0.2) is 4.79 Å². The number of nitrogens with zero attached hydrogens (tertiary/aromatic N) is 2. The minimum atomic E-state index is -1.00. The monoisotopic (exact) mass is 402 g/mol. The number of benzene rings is 2. The number of aromatic amines is 1. The van der Waals surface area contributed by atoms with Crippen molar-refractivity contribution in [2.45, 2.75) is 12.8 Å².